The van der Waals surface area contributed by atoms with Crippen LogP contribution in [0.1, 0.15) is 38.8 Å². The van der Waals surface area contributed by atoms with Gasteiger partial charge in [0.1, 0.15) is 5.78 Å². The van der Waals surface area contributed by atoms with Gasteiger partial charge in [-0.1, -0.05) is 51.1 Å². The molecule has 0 aliphatic rings. The van der Waals surface area contributed by atoms with Crippen molar-refractivity contribution in [3.8, 4) is 0 Å². The lowest BCUT2D eigenvalue weighted by molar-refractivity contribution is -0.126. The van der Waals surface area contributed by atoms with Crippen molar-refractivity contribution in [2.75, 3.05) is 0 Å². The highest BCUT2D eigenvalue weighted by atomic mass is 16.4. The third-order valence-corrected chi connectivity index (χ3v) is 2.73. The average Bonchev–Trinajstić information content (AvgIpc) is 2.27. The molecule has 0 fully saturated rings. The maximum atomic E-state index is 12.0. The molecule has 1 aromatic carbocycles. The fourth-order valence-electron chi connectivity index (χ4n) is 1.58. The fraction of sp³-hybridized carbons (Fsp3) is 0.429. The first-order valence-corrected chi connectivity index (χ1v) is 5.88. The zero-order valence-electron chi connectivity index (χ0n) is 10.9. The lowest BCUT2D eigenvalue weighted by Crippen LogP contribution is -2.32. The molecule has 0 heterocycles. The molecule has 4 nitrogen and oxygen atoms in total. The lowest BCUT2D eigenvalue weighted by Gasteiger charge is -2.22. The Labute approximate surface area is 107 Å². The van der Waals surface area contributed by atoms with Gasteiger partial charge in [-0.05, 0) is 5.56 Å². The van der Waals surface area contributed by atoms with E-state index in [0.717, 1.165) is 5.56 Å². The number of carbonyl (C=O) groups is 2. The van der Waals surface area contributed by atoms with Gasteiger partial charge < -0.3 is 10.4 Å². The highest BCUT2D eigenvalue weighted by Gasteiger charge is 2.26. The van der Waals surface area contributed by atoms with Crippen LogP contribution in [0.4, 0.5) is 4.79 Å². The monoisotopic (exact) mass is 249 g/mol. The number of hydrogen-bond acceptors (Lipinski definition) is 2. The molecule has 0 aliphatic heterocycles. The molecular formula is C14H19NO3. The zero-order valence-corrected chi connectivity index (χ0v) is 10.9. The Morgan fingerprint density at radius 1 is 1.22 bits per heavy atom. The van der Waals surface area contributed by atoms with Crippen LogP contribution in [0.3, 0.4) is 0 Å². The average molecular weight is 249 g/mol. The molecule has 0 aliphatic carbocycles. The van der Waals surface area contributed by atoms with E-state index in [9.17, 15) is 9.59 Å². The first kappa shape index (κ1) is 14.2. The second-order valence-electron chi connectivity index (χ2n) is 5.29. The SMILES string of the molecule is CC(C)(C)C(=O)C[C@H](NC(=O)O)c1ccccc1. The maximum absolute atomic E-state index is 12.0. The Balaban J connectivity index is 2.87. The molecule has 0 bridgehead atoms. The first-order valence-electron chi connectivity index (χ1n) is 5.88. The van der Waals surface area contributed by atoms with Gasteiger partial charge in [0, 0.05) is 11.8 Å². The van der Waals surface area contributed by atoms with Crippen LogP contribution >= 0.6 is 0 Å². The number of carbonyl (C=O) groups excluding carboxylic acids is 1. The van der Waals surface area contributed by atoms with Gasteiger partial charge in [0.05, 0.1) is 6.04 Å². The van der Waals surface area contributed by atoms with Crippen LogP contribution in [0.25, 0.3) is 0 Å². The number of carboxylic acid groups (broad SMARTS) is 1. The van der Waals surface area contributed by atoms with Crippen molar-refractivity contribution in [1.29, 1.82) is 0 Å². The molecule has 0 aromatic heterocycles. The quantitative estimate of drug-likeness (QED) is 0.862. The van der Waals surface area contributed by atoms with Crippen molar-refractivity contribution in [3.63, 3.8) is 0 Å². The number of Topliss-reactive ketones (excluding diaryl/α,β-unsaturated/α-hetero) is 1. The number of amides is 1. The van der Waals surface area contributed by atoms with Gasteiger partial charge in [-0.3, -0.25) is 4.79 Å². The van der Waals surface area contributed by atoms with Crippen LogP contribution in [0.5, 0.6) is 0 Å². The summed E-state index contributed by atoms with van der Waals surface area (Å²) in [5, 5.41) is 11.2. The summed E-state index contributed by atoms with van der Waals surface area (Å²) in [6.45, 7) is 5.49. The number of rotatable bonds is 4. The number of benzene rings is 1. The molecule has 0 saturated heterocycles. The summed E-state index contributed by atoms with van der Waals surface area (Å²) in [7, 11) is 0. The Bertz CT molecular complexity index is 420. The molecule has 4 heteroatoms. The van der Waals surface area contributed by atoms with E-state index in [4.69, 9.17) is 5.11 Å². The molecule has 1 amide bonds. The van der Waals surface area contributed by atoms with Crippen LogP contribution in [0.2, 0.25) is 0 Å². The number of ketones is 1. The topological polar surface area (TPSA) is 66.4 Å². The van der Waals surface area contributed by atoms with E-state index in [0.29, 0.717) is 0 Å². The Morgan fingerprint density at radius 2 is 1.78 bits per heavy atom. The fourth-order valence-corrected chi connectivity index (χ4v) is 1.58. The van der Waals surface area contributed by atoms with E-state index in [2.05, 4.69) is 5.32 Å². The summed E-state index contributed by atoms with van der Waals surface area (Å²) in [5.41, 5.74) is 0.338. The van der Waals surface area contributed by atoms with Gasteiger partial charge >= 0.3 is 6.09 Å². The van der Waals surface area contributed by atoms with Crippen LogP contribution in [0.15, 0.2) is 30.3 Å². The smallest absolute Gasteiger partial charge is 0.405 e. The molecule has 0 saturated carbocycles. The Morgan fingerprint density at radius 3 is 2.22 bits per heavy atom. The van der Waals surface area contributed by atoms with Crippen molar-refractivity contribution >= 4 is 11.9 Å². The van der Waals surface area contributed by atoms with Gasteiger partial charge in [-0.2, -0.15) is 0 Å². The number of nitrogens with one attached hydrogen (secondary N) is 1. The minimum Gasteiger partial charge on any atom is -0.465 e. The van der Waals surface area contributed by atoms with E-state index in [1.54, 1.807) is 0 Å². The second kappa shape index (κ2) is 5.67. The third-order valence-electron chi connectivity index (χ3n) is 2.73. The van der Waals surface area contributed by atoms with Gasteiger partial charge in [0.25, 0.3) is 0 Å². The van der Waals surface area contributed by atoms with Crippen LogP contribution in [0, 0.1) is 5.41 Å². The van der Waals surface area contributed by atoms with Crippen molar-refractivity contribution < 1.29 is 14.7 Å². The van der Waals surface area contributed by atoms with E-state index < -0.39 is 17.6 Å². The van der Waals surface area contributed by atoms with Crippen molar-refractivity contribution in [1.82, 2.24) is 5.32 Å². The summed E-state index contributed by atoms with van der Waals surface area (Å²) >= 11 is 0. The second-order valence-corrected chi connectivity index (χ2v) is 5.29. The van der Waals surface area contributed by atoms with Crippen molar-refractivity contribution in [2.24, 2.45) is 5.41 Å². The standard InChI is InChI=1S/C14H19NO3/c1-14(2,3)12(16)9-11(15-13(17)18)10-7-5-4-6-8-10/h4-8,11,15H,9H2,1-3H3,(H,17,18)/t11-/m0/s1. The molecule has 0 unspecified atom stereocenters. The lowest BCUT2D eigenvalue weighted by atomic mass is 9.85. The van der Waals surface area contributed by atoms with Crippen LogP contribution in [-0.2, 0) is 4.79 Å². The van der Waals surface area contributed by atoms with Gasteiger partial charge in [-0.15, -0.1) is 0 Å². The number of hydrogen-bond donors (Lipinski definition) is 2. The minimum absolute atomic E-state index is 0.0325. The van der Waals surface area contributed by atoms with Crippen molar-refractivity contribution in [2.45, 2.75) is 33.2 Å². The summed E-state index contributed by atoms with van der Waals surface area (Å²) < 4.78 is 0. The summed E-state index contributed by atoms with van der Waals surface area (Å²) in [6.07, 6.45) is -0.953. The molecule has 1 aromatic rings. The van der Waals surface area contributed by atoms with Crippen LogP contribution < -0.4 is 5.32 Å². The first-order chi connectivity index (χ1) is 8.30. The van der Waals surface area contributed by atoms with E-state index in [1.165, 1.54) is 0 Å². The molecule has 0 radical (unpaired) electrons. The predicted molar refractivity (Wildman–Crippen MR) is 69.4 cm³/mol. The largest absolute Gasteiger partial charge is 0.465 e. The normalized spacial score (nSPS) is 12.8. The van der Waals surface area contributed by atoms with Crippen LogP contribution in [-0.4, -0.2) is 17.0 Å². The van der Waals surface area contributed by atoms with E-state index >= 15 is 0 Å². The van der Waals surface area contributed by atoms with Gasteiger partial charge in [0.2, 0.25) is 0 Å². The molecule has 1 atom stereocenters. The molecule has 2 N–H and O–H groups in total. The third kappa shape index (κ3) is 4.20. The molecule has 18 heavy (non-hydrogen) atoms. The summed E-state index contributed by atoms with van der Waals surface area (Å²) in [5.74, 6) is 0.0325. The Hall–Kier alpha value is -1.84. The van der Waals surface area contributed by atoms with E-state index in [1.807, 2.05) is 51.1 Å². The minimum atomic E-state index is -1.12. The highest BCUT2D eigenvalue weighted by Crippen LogP contribution is 2.24. The van der Waals surface area contributed by atoms with Gasteiger partial charge in [-0.25, -0.2) is 4.79 Å². The summed E-state index contributed by atoms with van der Waals surface area (Å²) in [6, 6.07) is 8.65. The molecular weight excluding hydrogens is 230 g/mol. The molecule has 1 rings (SSSR count). The zero-order chi connectivity index (χ0) is 13.8. The van der Waals surface area contributed by atoms with Crippen molar-refractivity contribution in [3.05, 3.63) is 35.9 Å². The highest BCUT2D eigenvalue weighted by molar-refractivity contribution is 5.84. The maximum Gasteiger partial charge on any atom is 0.405 e. The predicted octanol–water partition coefficient (Wildman–Crippen LogP) is 3.00. The van der Waals surface area contributed by atoms with E-state index in [-0.39, 0.29) is 12.2 Å². The molecule has 98 valence electrons. The summed E-state index contributed by atoms with van der Waals surface area (Å²) in [4.78, 5) is 22.8. The Kier molecular flexibility index (Phi) is 4.48. The van der Waals surface area contributed by atoms with Gasteiger partial charge in [0.15, 0.2) is 0 Å². The molecule has 0 spiro atoms.